The third kappa shape index (κ3) is 6.91. The maximum absolute atomic E-state index is 14.8. The number of nitrogens with zero attached hydrogens (tertiary/aromatic N) is 1. The number of aromatic nitrogens is 1. The SMILES string of the molecule is COCCNC1CCC(Nc2cc(-c3ccc(F)c(NCC4(OC)CCOCC4)c3)c(F)cn2)CC1. The zero-order chi connectivity index (χ0) is 25.4. The topological polar surface area (TPSA) is 76.7 Å². The quantitative estimate of drug-likeness (QED) is 0.386. The van der Waals surface area contributed by atoms with Crippen LogP contribution in [0.25, 0.3) is 11.1 Å². The first-order chi connectivity index (χ1) is 17.5. The number of nitrogens with one attached hydrogen (secondary N) is 3. The van der Waals surface area contributed by atoms with Crippen LogP contribution in [0.2, 0.25) is 0 Å². The molecule has 1 aliphatic carbocycles. The molecule has 3 N–H and O–H groups in total. The second-order valence-corrected chi connectivity index (χ2v) is 9.74. The first-order valence-electron chi connectivity index (χ1n) is 12.8. The van der Waals surface area contributed by atoms with Crippen molar-refractivity contribution >= 4 is 11.5 Å². The number of halogens is 2. The predicted molar refractivity (Wildman–Crippen MR) is 137 cm³/mol. The zero-order valence-corrected chi connectivity index (χ0v) is 21.2. The molecule has 0 atom stereocenters. The Hall–Kier alpha value is -2.33. The van der Waals surface area contributed by atoms with E-state index in [4.69, 9.17) is 14.2 Å². The molecule has 1 saturated heterocycles. The lowest BCUT2D eigenvalue weighted by Crippen LogP contribution is -2.44. The van der Waals surface area contributed by atoms with Crippen LogP contribution in [-0.4, -0.2) is 69.8 Å². The Balaban J connectivity index is 1.41. The molecule has 1 aromatic carbocycles. The van der Waals surface area contributed by atoms with Gasteiger partial charge in [0.05, 0.1) is 24.1 Å². The van der Waals surface area contributed by atoms with Crippen LogP contribution in [0.4, 0.5) is 20.3 Å². The van der Waals surface area contributed by atoms with Gasteiger partial charge in [0.15, 0.2) is 0 Å². The third-order valence-electron chi connectivity index (χ3n) is 7.39. The number of anilines is 2. The lowest BCUT2D eigenvalue weighted by molar-refractivity contribution is -0.0807. The summed E-state index contributed by atoms with van der Waals surface area (Å²) in [5, 5.41) is 10.2. The fourth-order valence-electron chi connectivity index (χ4n) is 5.04. The van der Waals surface area contributed by atoms with Crippen LogP contribution in [0.5, 0.6) is 0 Å². The number of pyridine rings is 1. The second-order valence-electron chi connectivity index (χ2n) is 9.74. The van der Waals surface area contributed by atoms with Gasteiger partial charge in [-0.15, -0.1) is 0 Å². The summed E-state index contributed by atoms with van der Waals surface area (Å²) in [6.07, 6.45) is 6.85. The molecule has 0 radical (unpaired) electrons. The number of benzene rings is 1. The van der Waals surface area contributed by atoms with Crippen molar-refractivity contribution < 1.29 is 23.0 Å². The molecular formula is C27H38F2N4O3. The van der Waals surface area contributed by atoms with Crippen molar-refractivity contribution in [2.75, 3.05) is 57.8 Å². The molecule has 1 aliphatic heterocycles. The monoisotopic (exact) mass is 504 g/mol. The molecule has 1 saturated carbocycles. The molecule has 0 amide bonds. The van der Waals surface area contributed by atoms with Gasteiger partial charge in [-0.2, -0.15) is 0 Å². The van der Waals surface area contributed by atoms with Gasteiger partial charge in [-0.3, -0.25) is 0 Å². The van der Waals surface area contributed by atoms with E-state index in [0.29, 0.717) is 55.0 Å². The van der Waals surface area contributed by atoms with E-state index in [2.05, 4.69) is 20.9 Å². The fourth-order valence-corrected chi connectivity index (χ4v) is 5.04. The van der Waals surface area contributed by atoms with Crippen molar-refractivity contribution in [3.05, 3.63) is 42.1 Å². The maximum Gasteiger partial charge on any atom is 0.149 e. The molecule has 198 valence electrons. The summed E-state index contributed by atoms with van der Waals surface area (Å²) in [5.74, 6) is -0.204. The summed E-state index contributed by atoms with van der Waals surface area (Å²) >= 11 is 0. The molecule has 0 spiro atoms. The van der Waals surface area contributed by atoms with E-state index in [9.17, 15) is 8.78 Å². The number of rotatable bonds is 11. The normalized spacial score (nSPS) is 21.8. The van der Waals surface area contributed by atoms with Crippen LogP contribution in [0.3, 0.4) is 0 Å². The molecule has 2 aromatic rings. The number of hydrogen-bond acceptors (Lipinski definition) is 7. The van der Waals surface area contributed by atoms with E-state index in [0.717, 1.165) is 45.1 Å². The van der Waals surface area contributed by atoms with Crippen LogP contribution in [-0.2, 0) is 14.2 Å². The van der Waals surface area contributed by atoms with Crippen molar-refractivity contribution in [2.24, 2.45) is 0 Å². The van der Waals surface area contributed by atoms with Crippen molar-refractivity contribution in [3.63, 3.8) is 0 Å². The standard InChI is InChI=1S/C27H38F2N4O3/c1-34-14-11-30-20-4-6-21(7-5-20)33-26-16-22(24(29)17-31-26)19-3-8-23(28)25(15-19)32-18-27(35-2)9-12-36-13-10-27/h3,8,15-17,20-21,30,32H,4-7,9-14,18H2,1-2H3,(H,31,33). The molecule has 2 heterocycles. The molecule has 9 heteroatoms. The number of hydrogen-bond donors (Lipinski definition) is 3. The van der Waals surface area contributed by atoms with Gasteiger partial charge >= 0.3 is 0 Å². The summed E-state index contributed by atoms with van der Waals surface area (Å²) in [4.78, 5) is 4.26. The minimum atomic E-state index is -0.443. The van der Waals surface area contributed by atoms with Gasteiger partial charge in [0.1, 0.15) is 17.5 Å². The lowest BCUT2D eigenvalue weighted by Gasteiger charge is -2.36. The first kappa shape index (κ1) is 26.7. The van der Waals surface area contributed by atoms with Crippen LogP contribution in [0, 0.1) is 11.6 Å². The van der Waals surface area contributed by atoms with Gasteiger partial charge in [0.2, 0.25) is 0 Å². The molecule has 2 fully saturated rings. The summed E-state index contributed by atoms with van der Waals surface area (Å²) < 4.78 is 45.7. The van der Waals surface area contributed by atoms with Crippen molar-refractivity contribution in [2.45, 2.75) is 56.2 Å². The Morgan fingerprint density at radius 3 is 2.50 bits per heavy atom. The van der Waals surface area contributed by atoms with E-state index in [1.165, 1.54) is 12.3 Å². The molecule has 0 unspecified atom stereocenters. The van der Waals surface area contributed by atoms with Crippen LogP contribution in [0.15, 0.2) is 30.5 Å². The third-order valence-corrected chi connectivity index (χ3v) is 7.39. The second kappa shape index (κ2) is 12.8. The first-order valence-corrected chi connectivity index (χ1v) is 12.8. The Labute approximate surface area is 212 Å². The van der Waals surface area contributed by atoms with Crippen molar-refractivity contribution in [1.82, 2.24) is 10.3 Å². The molecule has 7 nitrogen and oxygen atoms in total. The summed E-state index contributed by atoms with van der Waals surface area (Å²) in [6.45, 7) is 3.24. The van der Waals surface area contributed by atoms with Gasteiger partial charge in [-0.25, -0.2) is 13.8 Å². The molecule has 2 aliphatic rings. The summed E-state index contributed by atoms with van der Waals surface area (Å²) in [7, 11) is 3.38. The van der Waals surface area contributed by atoms with Gasteiger partial charge < -0.3 is 30.2 Å². The Morgan fingerprint density at radius 2 is 1.78 bits per heavy atom. The largest absolute Gasteiger partial charge is 0.383 e. The highest BCUT2D eigenvalue weighted by molar-refractivity contribution is 5.71. The molecule has 1 aromatic heterocycles. The van der Waals surface area contributed by atoms with Gasteiger partial charge in [-0.1, -0.05) is 6.07 Å². The highest BCUT2D eigenvalue weighted by atomic mass is 19.1. The lowest BCUT2D eigenvalue weighted by atomic mass is 9.91. The molecule has 0 bridgehead atoms. The Morgan fingerprint density at radius 1 is 1.03 bits per heavy atom. The highest BCUT2D eigenvalue weighted by Gasteiger charge is 2.32. The molecule has 4 rings (SSSR count). The fraction of sp³-hybridized carbons (Fsp3) is 0.593. The van der Waals surface area contributed by atoms with Crippen molar-refractivity contribution in [1.29, 1.82) is 0 Å². The predicted octanol–water partition coefficient (Wildman–Crippen LogP) is 4.59. The number of ether oxygens (including phenoxy) is 3. The van der Waals surface area contributed by atoms with E-state index in [-0.39, 0.29) is 11.9 Å². The van der Waals surface area contributed by atoms with E-state index in [1.54, 1.807) is 32.4 Å². The van der Waals surface area contributed by atoms with Crippen LogP contribution in [0.1, 0.15) is 38.5 Å². The zero-order valence-electron chi connectivity index (χ0n) is 21.2. The van der Waals surface area contributed by atoms with Gasteiger partial charge in [0, 0.05) is 71.0 Å². The summed E-state index contributed by atoms with van der Waals surface area (Å²) in [5.41, 5.74) is 0.891. The Kier molecular flexibility index (Phi) is 9.47. The van der Waals surface area contributed by atoms with E-state index >= 15 is 0 Å². The van der Waals surface area contributed by atoms with E-state index < -0.39 is 11.4 Å². The average molecular weight is 505 g/mol. The molecule has 36 heavy (non-hydrogen) atoms. The molecular weight excluding hydrogens is 466 g/mol. The average Bonchev–Trinajstić information content (AvgIpc) is 2.91. The summed E-state index contributed by atoms with van der Waals surface area (Å²) in [6, 6.07) is 7.11. The van der Waals surface area contributed by atoms with Crippen molar-refractivity contribution in [3.8, 4) is 11.1 Å². The minimum absolute atomic E-state index is 0.284. The van der Waals surface area contributed by atoms with Gasteiger partial charge in [0.25, 0.3) is 0 Å². The highest BCUT2D eigenvalue weighted by Crippen LogP contribution is 2.31. The smallest absolute Gasteiger partial charge is 0.149 e. The van der Waals surface area contributed by atoms with E-state index in [1.807, 2.05) is 0 Å². The van der Waals surface area contributed by atoms with Crippen LogP contribution >= 0.6 is 0 Å². The van der Waals surface area contributed by atoms with Crippen LogP contribution < -0.4 is 16.0 Å². The number of methoxy groups -OCH3 is 2. The maximum atomic E-state index is 14.8. The van der Waals surface area contributed by atoms with Gasteiger partial charge in [-0.05, 0) is 49.4 Å². The minimum Gasteiger partial charge on any atom is -0.383 e. The Bertz CT molecular complexity index is 979.